The van der Waals surface area contributed by atoms with Crippen molar-refractivity contribution in [1.82, 2.24) is 20.6 Å². The number of aromatic nitrogens is 4. The largest absolute Gasteiger partial charge is 0.187 e. The van der Waals surface area contributed by atoms with Gasteiger partial charge in [0.15, 0.2) is 5.82 Å². The number of hydrogen-bond acceptors (Lipinski definition) is 3. The van der Waals surface area contributed by atoms with E-state index in [-0.39, 0.29) is 5.41 Å². The normalized spacial score (nSPS) is 26.0. The third-order valence-electron chi connectivity index (χ3n) is 2.27. The third kappa shape index (κ3) is 1.51. The zero-order chi connectivity index (χ0) is 10.0. The summed E-state index contributed by atoms with van der Waals surface area (Å²) < 4.78 is 0. The summed E-state index contributed by atoms with van der Waals surface area (Å²) in [5.74, 6) is 0.691. The lowest BCUT2D eigenvalue weighted by atomic mass is 9.88. The maximum absolute atomic E-state index is 4.02. The van der Waals surface area contributed by atoms with Crippen molar-refractivity contribution in [3.8, 4) is 0 Å². The van der Waals surface area contributed by atoms with Gasteiger partial charge in [0.1, 0.15) is 0 Å². The Labute approximate surface area is 82.4 Å². The van der Waals surface area contributed by atoms with Gasteiger partial charge >= 0.3 is 0 Å². The number of H-pyrrole nitrogens is 1. The van der Waals surface area contributed by atoms with E-state index in [1.165, 1.54) is 5.57 Å². The predicted octanol–water partition coefficient (Wildman–Crippen LogP) is 1.53. The molecule has 0 aromatic carbocycles. The molecule has 1 aromatic heterocycles. The summed E-state index contributed by atoms with van der Waals surface area (Å²) in [6, 6.07) is 0. The van der Waals surface area contributed by atoms with Gasteiger partial charge in [-0.2, -0.15) is 5.21 Å². The minimum atomic E-state index is -0.263. The van der Waals surface area contributed by atoms with E-state index in [9.17, 15) is 0 Å². The molecule has 0 aliphatic heterocycles. The monoisotopic (exact) mass is 188 g/mol. The molecule has 1 N–H and O–H groups in total. The van der Waals surface area contributed by atoms with Crippen LogP contribution in [-0.2, 0) is 5.41 Å². The van der Waals surface area contributed by atoms with Gasteiger partial charge < -0.3 is 0 Å². The van der Waals surface area contributed by atoms with Crippen LogP contribution in [-0.4, -0.2) is 20.6 Å². The van der Waals surface area contributed by atoms with Crippen molar-refractivity contribution in [3.63, 3.8) is 0 Å². The van der Waals surface area contributed by atoms with Crippen LogP contribution in [0, 0.1) is 0 Å². The second-order valence-electron chi connectivity index (χ2n) is 3.62. The van der Waals surface area contributed by atoms with Crippen LogP contribution in [0.3, 0.4) is 0 Å². The van der Waals surface area contributed by atoms with Crippen molar-refractivity contribution in [2.45, 2.75) is 19.3 Å². The molecule has 1 heterocycles. The molecule has 0 amide bonds. The Balaban J connectivity index is 2.46. The Hall–Kier alpha value is -1.71. The Bertz CT molecular complexity index is 400. The van der Waals surface area contributed by atoms with E-state index in [0.29, 0.717) is 5.82 Å². The first-order valence-corrected chi connectivity index (χ1v) is 4.50. The lowest BCUT2D eigenvalue weighted by molar-refractivity contribution is 0.686. The van der Waals surface area contributed by atoms with Crippen molar-refractivity contribution >= 4 is 0 Å². The number of nitrogens with one attached hydrogen (secondary N) is 1. The number of allylic oxidation sites excluding steroid dienone is 6. The maximum atomic E-state index is 4.02. The van der Waals surface area contributed by atoms with E-state index in [4.69, 9.17) is 0 Å². The molecular formula is C10H12N4. The number of tetrazole rings is 1. The molecule has 1 aromatic rings. The van der Waals surface area contributed by atoms with Crippen molar-refractivity contribution in [1.29, 1.82) is 0 Å². The lowest BCUT2D eigenvalue weighted by Gasteiger charge is -2.16. The molecule has 72 valence electrons. The molecule has 0 radical (unpaired) electrons. The average Bonchev–Trinajstić information content (AvgIpc) is 2.61. The van der Waals surface area contributed by atoms with Crippen LogP contribution in [0.1, 0.15) is 19.7 Å². The van der Waals surface area contributed by atoms with E-state index in [0.717, 1.165) is 0 Å². The van der Waals surface area contributed by atoms with Crippen LogP contribution in [0.4, 0.5) is 0 Å². The molecule has 0 spiro atoms. The molecule has 2 rings (SSSR count). The molecule has 1 aliphatic carbocycles. The van der Waals surface area contributed by atoms with Gasteiger partial charge in [0.05, 0.1) is 5.41 Å². The van der Waals surface area contributed by atoms with E-state index in [2.05, 4.69) is 52.7 Å². The van der Waals surface area contributed by atoms with Gasteiger partial charge in [-0.3, -0.25) is 0 Å². The Morgan fingerprint density at radius 1 is 1.36 bits per heavy atom. The molecule has 0 fully saturated rings. The summed E-state index contributed by atoms with van der Waals surface area (Å²) in [4.78, 5) is 0. The molecule has 1 unspecified atom stereocenters. The Morgan fingerprint density at radius 3 is 2.93 bits per heavy atom. The molecule has 0 saturated heterocycles. The summed E-state index contributed by atoms with van der Waals surface area (Å²) in [5.41, 5.74) is 0.933. The van der Waals surface area contributed by atoms with Crippen molar-refractivity contribution < 1.29 is 0 Å². The smallest absolute Gasteiger partial charge is 0.177 e. The fourth-order valence-electron chi connectivity index (χ4n) is 1.56. The van der Waals surface area contributed by atoms with Gasteiger partial charge in [-0.05, 0) is 13.8 Å². The summed E-state index contributed by atoms with van der Waals surface area (Å²) in [6.45, 7) is 4.12. The fraction of sp³-hybridized carbons (Fsp3) is 0.300. The predicted molar refractivity (Wildman–Crippen MR) is 53.6 cm³/mol. The summed E-state index contributed by atoms with van der Waals surface area (Å²) in [7, 11) is 0. The topological polar surface area (TPSA) is 54.5 Å². The highest BCUT2D eigenvalue weighted by Gasteiger charge is 2.26. The zero-order valence-corrected chi connectivity index (χ0v) is 8.23. The van der Waals surface area contributed by atoms with Crippen molar-refractivity contribution in [3.05, 3.63) is 41.8 Å². The quantitative estimate of drug-likeness (QED) is 0.727. The molecular weight excluding hydrogens is 176 g/mol. The summed E-state index contributed by atoms with van der Waals surface area (Å²) in [5, 5.41) is 14.1. The van der Waals surface area contributed by atoms with Gasteiger partial charge in [0.25, 0.3) is 0 Å². The second-order valence-corrected chi connectivity index (χ2v) is 3.62. The van der Waals surface area contributed by atoms with Crippen LogP contribution in [0.15, 0.2) is 36.0 Å². The minimum Gasteiger partial charge on any atom is -0.177 e. The SMILES string of the molecule is CC1=CC(C)(c2nn[nH]n2)C=CC=C1. The van der Waals surface area contributed by atoms with Gasteiger partial charge in [-0.1, -0.05) is 41.2 Å². The first-order chi connectivity index (χ1) is 6.71. The standard InChI is InChI=1S/C10H12N4/c1-8-5-3-4-6-10(2,7-8)9-11-13-14-12-9/h3-7H,1-2H3,(H,11,12,13,14). The van der Waals surface area contributed by atoms with Crippen LogP contribution in [0.5, 0.6) is 0 Å². The Morgan fingerprint density at radius 2 is 2.21 bits per heavy atom. The molecule has 4 nitrogen and oxygen atoms in total. The number of rotatable bonds is 1. The fourth-order valence-corrected chi connectivity index (χ4v) is 1.56. The van der Waals surface area contributed by atoms with Crippen LogP contribution in [0.25, 0.3) is 0 Å². The van der Waals surface area contributed by atoms with Gasteiger partial charge in [-0.15, -0.1) is 10.2 Å². The molecule has 0 saturated carbocycles. The van der Waals surface area contributed by atoms with E-state index >= 15 is 0 Å². The second kappa shape index (κ2) is 3.21. The maximum Gasteiger partial charge on any atom is 0.187 e. The van der Waals surface area contributed by atoms with Gasteiger partial charge in [0, 0.05) is 0 Å². The van der Waals surface area contributed by atoms with Crippen molar-refractivity contribution in [2.24, 2.45) is 0 Å². The first kappa shape index (κ1) is 8.87. The lowest BCUT2D eigenvalue weighted by Crippen LogP contribution is -2.18. The first-order valence-electron chi connectivity index (χ1n) is 4.50. The molecule has 14 heavy (non-hydrogen) atoms. The Kier molecular flexibility index (Phi) is 2.04. The third-order valence-corrected chi connectivity index (χ3v) is 2.27. The number of aromatic amines is 1. The van der Waals surface area contributed by atoms with Gasteiger partial charge in [-0.25, -0.2) is 0 Å². The van der Waals surface area contributed by atoms with Crippen molar-refractivity contribution in [2.75, 3.05) is 0 Å². The molecule has 4 heteroatoms. The molecule has 1 atom stereocenters. The summed E-state index contributed by atoms with van der Waals surface area (Å²) >= 11 is 0. The van der Waals surface area contributed by atoms with Gasteiger partial charge in [0.2, 0.25) is 0 Å². The van der Waals surface area contributed by atoms with E-state index in [1.807, 2.05) is 12.2 Å². The van der Waals surface area contributed by atoms with E-state index in [1.54, 1.807) is 0 Å². The number of hydrogen-bond donors (Lipinski definition) is 1. The highest BCUT2D eigenvalue weighted by atomic mass is 15.5. The zero-order valence-electron chi connectivity index (χ0n) is 8.23. The van der Waals surface area contributed by atoms with E-state index < -0.39 is 0 Å². The highest BCUT2D eigenvalue weighted by molar-refractivity contribution is 5.36. The van der Waals surface area contributed by atoms with Crippen LogP contribution in [0.2, 0.25) is 0 Å². The van der Waals surface area contributed by atoms with Crippen LogP contribution >= 0.6 is 0 Å². The minimum absolute atomic E-state index is 0.263. The average molecular weight is 188 g/mol. The highest BCUT2D eigenvalue weighted by Crippen LogP contribution is 2.26. The summed E-state index contributed by atoms with van der Waals surface area (Å²) in [6.07, 6.45) is 10.3. The molecule has 1 aliphatic rings. The molecule has 0 bridgehead atoms. The van der Waals surface area contributed by atoms with Crippen LogP contribution < -0.4 is 0 Å². The number of nitrogens with zero attached hydrogens (tertiary/aromatic N) is 3.